The Labute approximate surface area is 192 Å². The number of amides is 1. The number of morpholine rings is 1. The van der Waals surface area contributed by atoms with Crippen molar-refractivity contribution in [3.8, 4) is 0 Å². The molecule has 0 atom stereocenters. The monoisotopic (exact) mass is 497 g/mol. The van der Waals surface area contributed by atoms with Crippen LogP contribution in [0.2, 0.25) is 0 Å². The molecule has 1 amide bonds. The zero-order chi connectivity index (χ0) is 23.6. The van der Waals surface area contributed by atoms with Crippen LogP contribution in [0.25, 0.3) is 10.2 Å². The molecular formula is C21H21F2N3O5S2. The maximum atomic E-state index is 14.4. The first-order valence-electron chi connectivity index (χ1n) is 10.1. The Balaban J connectivity index is 1.67. The number of thiazole rings is 1. The van der Waals surface area contributed by atoms with Gasteiger partial charge in [0.25, 0.3) is 5.91 Å². The van der Waals surface area contributed by atoms with Gasteiger partial charge in [0.2, 0.25) is 10.0 Å². The minimum Gasteiger partial charge on any atom is -0.383 e. The lowest BCUT2D eigenvalue weighted by atomic mass is 10.2. The average Bonchev–Trinajstić information content (AvgIpc) is 3.15. The van der Waals surface area contributed by atoms with E-state index in [1.165, 1.54) is 46.3 Å². The quantitative estimate of drug-likeness (QED) is 0.522. The molecule has 0 saturated carbocycles. The van der Waals surface area contributed by atoms with Crippen LogP contribution in [0.4, 0.5) is 8.78 Å². The van der Waals surface area contributed by atoms with Gasteiger partial charge in [-0.1, -0.05) is 11.3 Å². The Morgan fingerprint density at radius 1 is 1.18 bits per heavy atom. The summed E-state index contributed by atoms with van der Waals surface area (Å²) >= 11 is 0.977. The fraction of sp³-hybridized carbons (Fsp3) is 0.333. The minimum absolute atomic E-state index is 0.0653. The smallest absolute Gasteiger partial charge is 0.279 e. The maximum absolute atomic E-state index is 14.4. The number of carbonyl (C=O) groups is 1. The van der Waals surface area contributed by atoms with E-state index in [1.54, 1.807) is 0 Å². The van der Waals surface area contributed by atoms with Gasteiger partial charge in [0.15, 0.2) is 10.6 Å². The molecule has 8 nitrogen and oxygen atoms in total. The molecule has 3 aromatic rings. The summed E-state index contributed by atoms with van der Waals surface area (Å²) in [7, 11) is -2.20. The number of carbonyl (C=O) groups excluding carboxylic acids is 1. The van der Waals surface area contributed by atoms with Crippen molar-refractivity contribution in [3.05, 3.63) is 58.4 Å². The highest BCUT2D eigenvalue weighted by atomic mass is 32.2. The van der Waals surface area contributed by atoms with Crippen LogP contribution >= 0.6 is 11.3 Å². The van der Waals surface area contributed by atoms with Crippen molar-refractivity contribution in [2.45, 2.75) is 11.4 Å². The molecule has 1 aliphatic heterocycles. The van der Waals surface area contributed by atoms with Crippen molar-refractivity contribution in [1.29, 1.82) is 0 Å². The molecule has 0 unspecified atom stereocenters. The van der Waals surface area contributed by atoms with Crippen molar-refractivity contribution in [2.24, 2.45) is 4.99 Å². The third kappa shape index (κ3) is 4.89. The average molecular weight is 498 g/mol. The molecule has 0 spiro atoms. The summed E-state index contributed by atoms with van der Waals surface area (Å²) in [4.78, 5) is 17.1. The molecule has 0 N–H and O–H groups in total. The molecule has 1 saturated heterocycles. The predicted octanol–water partition coefficient (Wildman–Crippen LogP) is 2.39. The number of methoxy groups -OCH3 is 1. The van der Waals surface area contributed by atoms with Gasteiger partial charge in [0.05, 0.1) is 34.9 Å². The van der Waals surface area contributed by atoms with Gasteiger partial charge >= 0.3 is 0 Å². The number of sulfonamides is 1. The SMILES string of the molecule is COCCn1c(=NC(=O)c2ccc(S(=O)(=O)N3CCOCC3)cc2)sc2cc(F)cc(F)c21. The summed E-state index contributed by atoms with van der Waals surface area (Å²) in [5.41, 5.74) is 0.301. The Morgan fingerprint density at radius 3 is 2.55 bits per heavy atom. The van der Waals surface area contributed by atoms with E-state index in [0.717, 1.165) is 17.4 Å². The van der Waals surface area contributed by atoms with Crippen molar-refractivity contribution < 1.29 is 31.5 Å². The van der Waals surface area contributed by atoms with Crippen LogP contribution in [0.3, 0.4) is 0 Å². The largest absolute Gasteiger partial charge is 0.383 e. The maximum Gasteiger partial charge on any atom is 0.279 e. The highest BCUT2D eigenvalue weighted by Gasteiger charge is 2.26. The number of aromatic nitrogens is 1. The molecule has 1 fully saturated rings. The Kier molecular flexibility index (Phi) is 7.00. The predicted molar refractivity (Wildman–Crippen MR) is 118 cm³/mol. The van der Waals surface area contributed by atoms with E-state index in [1.807, 2.05) is 0 Å². The molecule has 2 aromatic carbocycles. The van der Waals surface area contributed by atoms with E-state index in [2.05, 4.69) is 4.99 Å². The molecule has 0 aliphatic carbocycles. The number of benzene rings is 2. The topological polar surface area (TPSA) is 90.2 Å². The van der Waals surface area contributed by atoms with Gasteiger partial charge in [0, 0.05) is 38.4 Å². The third-order valence-corrected chi connectivity index (χ3v) is 8.06. The first-order chi connectivity index (χ1) is 15.8. The van der Waals surface area contributed by atoms with Crippen LogP contribution in [0.5, 0.6) is 0 Å². The standard InChI is InChI=1S/C21H21F2N3O5S2/c1-30-9-8-26-19-17(23)12-15(22)13-18(19)32-21(26)24-20(27)14-2-4-16(5-3-14)33(28,29)25-6-10-31-11-7-25/h2-5,12-13H,6-11H2,1H3. The summed E-state index contributed by atoms with van der Waals surface area (Å²) < 4.78 is 66.9. The number of ether oxygens (including phenoxy) is 2. The summed E-state index contributed by atoms with van der Waals surface area (Å²) in [6.07, 6.45) is 0. The first kappa shape index (κ1) is 23.6. The van der Waals surface area contributed by atoms with E-state index >= 15 is 0 Å². The van der Waals surface area contributed by atoms with Crippen LogP contribution in [-0.2, 0) is 26.0 Å². The fourth-order valence-electron chi connectivity index (χ4n) is 3.46. The highest BCUT2D eigenvalue weighted by Crippen LogP contribution is 2.23. The van der Waals surface area contributed by atoms with E-state index < -0.39 is 27.6 Å². The fourth-order valence-corrected chi connectivity index (χ4v) is 5.96. The van der Waals surface area contributed by atoms with Crippen LogP contribution in [0.15, 0.2) is 46.3 Å². The lowest BCUT2D eigenvalue weighted by Crippen LogP contribution is -2.40. The Bertz CT molecular complexity index is 1340. The second-order valence-corrected chi connectivity index (χ2v) is 10.2. The number of fused-ring (bicyclic) bond motifs is 1. The van der Waals surface area contributed by atoms with Crippen LogP contribution in [0.1, 0.15) is 10.4 Å². The number of halogens is 2. The number of rotatable bonds is 6. The van der Waals surface area contributed by atoms with Crippen LogP contribution in [0, 0.1) is 11.6 Å². The normalized spacial score (nSPS) is 15.9. The van der Waals surface area contributed by atoms with Crippen molar-refractivity contribution in [2.75, 3.05) is 40.0 Å². The number of nitrogens with zero attached hydrogens (tertiary/aromatic N) is 3. The van der Waals surface area contributed by atoms with Crippen molar-refractivity contribution >= 4 is 37.5 Å². The van der Waals surface area contributed by atoms with Gasteiger partial charge in [-0.25, -0.2) is 17.2 Å². The number of hydrogen-bond acceptors (Lipinski definition) is 6. The zero-order valence-electron chi connectivity index (χ0n) is 17.7. The summed E-state index contributed by atoms with van der Waals surface area (Å²) in [6, 6.07) is 7.43. The van der Waals surface area contributed by atoms with E-state index in [0.29, 0.717) is 17.9 Å². The Hall–Kier alpha value is -2.51. The van der Waals surface area contributed by atoms with Gasteiger partial charge in [-0.3, -0.25) is 4.79 Å². The molecule has 176 valence electrons. The molecule has 0 radical (unpaired) electrons. The van der Waals surface area contributed by atoms with Gasteiger partial charge in [0.1, 0.15) is 5.82 Å². The molecule has 0 bridgehead atoms. The third-order valence-electron chi connectivity index (χ3n) is 5.12. The van der Waals surface area contributed by atoms with Gasteiger partial charge in [-0.05, 0) is 30.3 Å². The van der Waals surface area contributed by atoms with Crippen molar-refractivity contribution in [3.63, 3.8) is 0 Å². The summed E-state index contributed by atoms with van der Waals surface area (Å²) in [6.45, 7) is 1.64. The molecule has 1 aromatic heterocycles. The molecular weight excluding hydrogens is 476 g/mol. The second kappa shape index (κ2) is 9.77. The van der Waals surface area contributed by atoms with E-state index in [9.17, 15) is 22.0 Å². The molecule has 4 rings (SSSR count). The van der Waals surface area contributed by atoms with Gasteiger partial charge in [-0.2, -0.15) is 9.30 Å². The highest BCUT2D eigenvalue weighted by molar-refractivity contribution is 7.89. The minimum atomic E-state index is -3.69. The van der Waals surface area contributed by atoms with Gasteiger partial charge in [-0.15, -0.1) is 0 Å². The lowest BCUT2D eigenvalue weighted by molar-refractivity contribution is 0.0730. The molecule has 1 aliphatic rings. The van der Waals surface area contributed by atoms with Crippen molar-refractivity contribution in [1.82, 2.24) is 8.87 Å². The zero-order valence-corrected chi connectivity index (χ0v) is 19.3. The second-order valence-electron chi connectivity index (χ2n) is 7.22. The summed E-state index contributed by atoms with van der Waals surface area (Å²) in [5.74, 6) is -2.12. The summed E-state index contributed by atoms with van der Waals surface area (Å²) in [5, 5.41) is 0. The molecule has 33 heavy (non-hydrogen) atoms. The molecule has 2 heterocycles. The van der Waals surface area contributed by atoms with E-state index in [-0.39, 0.29) is 47.0 Å². The first-order valence-corrected chi connectivity index (χ1v) is 12.3. The van der Waals surface area contributed by atoms with E-state index in [4.69, 9.17) is 9.47 Å². The van der Waals surface area contributed by atoms with Gasteiger partial charge < -0.3 is 14.0 Å². The van der Waals surface area contributed by atoms with Crippen LogP contribution in [-0.4, -0.2) is 63.2 Å². The van der Waals surface area contributed by atoms with Crippen LogP contribution < -0.4 is 4.80 Å². The Morgan fingerprint density at radius 2 is 1.88 bits per heavy atom. The lowest BCUT2D eigenvalue weighted by Gasteiger charge is -2.26. The number of hydrogen-bond donors (Lipinski definition) is 0. The molecule has 12 heteroatoms.